The zero-order chi connectivity index (χ0) is 22.0. The Morgan fingerprint density at radius 3 is 2.35 bits per heavy atom. The lowest BCUT2D eigenvalue weighted by Gasteiger charge is -2.33. The lowest BCUT2D eigenvalue weighted by atomic mass is 10.2. The first kappa shape index (κ1) is 22.0. The topological polar surface area (TPSA) is 65.5 Å². The van der Waals surface area contributed by atoms with Crippen molar-refractivity contribution in [1.29, 1.82) is 0 Å². The van der Waals surface area contributed by atoms with Gasteiger partial charge in [-0.3, -0.25) is 4.90 Å². The third-order valence-electron chi connectivity index (χ3n) is 5.53. The van der Waals surface area contributed by atoms with Crippen LogP contribution in [-0.4, -0.2) is 48.8 Å². The fourth-order valence-electron chi connectivity index (χ4n) is 3.68. The molecular formula is C23H28N4O2S2. The Bertz CT molecular complexity index is 1150. The first-order chi connectivity index (χ1) is 14.8. The van der Waals surface area contributed by atoms with E-state index in [4.69, 9.17) is 4.98 Å². The summed E-state index contributed by atoms with van der Waals surface area (Å²) in [6, 6.07) is 13.8. The smallest absolute Gasteiger partial charge is 0.243 e. The van der Waals surface area contributed by atoms with Crippen LogP contribution >= 0.6 is 11.3 Å². The number of benzene rings is 2. The van der Waals surface area contributed by atoms with E-state index >= 15 is 0 Å². The van der Waals surface area contributed by atoms with Crippen molar-refractivity contribution in [3.63, 3.8) is 0 Å². The third-order valence-corrected chi connectivity index (χ3v) is 8.38. The maximum absolute atomic E-state index is 13.1. The Hall–Kier alpha value is -2.26. The number of nitrogens with zero attached hydrogens (tertiary/aromatic N) is 3. The third kappa shape index (κ3) is 5.15. The molecule has 0 saturated carbocycles. The number of hydrogen-bond acceptors (Lipinski definition) is 6. The Morgan fingerprint density at radius 2 is 1.65 bits per heavy atom. The minimum absolute atomic E-state index is 0.423. The highest BCUT2D eigenvalue weighted by atomic mass is 32.2. The Balaban J connectivity index is 1.35. The average molecular weight is 457 g/mol. The van der Waals surface area contributed by atoms with Gasteiger partial charge in [-0.25, -0.2) is 13.4 Å². The molecule has 3 aromatic rings. The van der Waals surface area contributed by atoms with Crippen LogP contribution in [0.2, 0.25) is 0 Å². The van der Waals surface area contributed by atoms with Gasteiger partial charge in [0.15, 0.2) is 5.13 Å². The Labute approximate surface area is 188 Å². The molecule has 1 aliphatic heterocycles. The van der Waals surface area contributed by atoms with E-state index in [9.17, 15) is 8.42 Å². The molecular weight excluding hydrogens is 428 g/mol. The van der Waals surface area contributed by atoms with Gasteiger partial charge in [0, 0.05) is 43.8 Å². The van der Waals surface area contributed by atoms with Crippen molar-refractivity contribution in [2.45, 2.75) is 32.2 Å². The SMILES string of the molecule is Cc1ccc(Nc2nc(CN3CCN(S(=O)(=O)c4cc(C)ccc4C)CC3)cs2)cc1. The first-order valence-corrected chi connectivity index (χ1v) is 12.7. The number of piperazine rings is 1. The summed E-state index contributed by atoms with van der Waals surface area (Å²) in [6.45, 7) is 8.95. The molecule has 0 spiro atoms. The lowest BCUT2D eigenvalue weighted by Crippen LogP contribution is -2.48. The lowest BCUT2D eigenvalue weighted by molar-refractivity contribution is 0.180. The van der Waals surface area contributed by atoms with Gasteiger partial charge < -0.3 is 5.32 Å². The highest BCUT2D eigenvalue weighted by Crippen LogP contribution is 2.24. The summed E-state index contributed by atoms with van der Waals surface area (Å²) < 4.78 is 27.8. The van der Waals surface area contributed by atoms with Gasteiger partial charge in [0.2, 0.25) is 10.0 Å². The number of aromatic nitrogens is 1. The summed E-state index contributed by atoms with van der Waals surface area (Å²) in [5, 5.41) is 6.28. The van der Waals surface area contributed by atoms with Crippen LogP contribution in [0.1, 0.15) is 22.4 Å². The minimum atomic E-state index is -3.46. The number of sulfonamides is 1. The van der Waals surface area contributed by atoms with Crippen molar-refractivity contribution >= 4 is 32.2 Å². The molecule has 0 radical (unpaired) electrons. The summed E-state index contributed by atoms with van der Waals surface area (Å²) in [6.07, 6.45) is 0. The van der Waals surface area contributed by atoms with Crippen molar-refractivity contribution in [3.05, 3.63) is 70.2 Å². The number of rotatable bonds is 6. The van der Waals surface area contributed by atoms with Gasteiger partial charge in [-0.05, 0) is 50.1 Å². The largest absolute Gasteiger partial charge is 0.332 e. The molecule has 0 unspecified atom stereocenters. The van der Waals surface area contributed by atoms with E-state index < -0.39 is 10.0 Å². The number of thiazole rings is 1. The van der Waals surface area contributed by atoms with Gasteiger partial charge in [0.1, 0.15) is 0 Å². The molecule has 8 heteroatoms. The van der Waals surface area contributed by atoms with E-state index in [1.165, 1.54) is 5.56 Å². The molecule has 6 nitrogen and oxygen atoms in total. The molecule has 1 saturated heterocycles. The van der Waals surface area contributed by atoms with E-state index in [2.05, 4.69) is 34.7 Å². The maximum atomic E-state index is 13.1. The summed E-state index contributed by atoms with van der Waals surface area (Å²) in [5.74, 6) is 0. The quantitative estimate of drug-likeness (QED) is 0.598. The normalized spacial score (nSPS) is 15.8. The van der Waals surface area contributed by atoms with Gasteiger partial charge in [0.05, 0.1) is 10.6 Å². The van der Waals surface area contributed by atoms with Crippen molar-refractivity contribution in [2.75, 3.05) is 31.5 Å². The molecule has 4 rings (SSSR count). The highest BCUT2D eigenvalue weighted by Gasteiger charge is 2.29. The van der Waals surface area contributed by atoms with Crippen molar-refractivity contribution in [1.82, 2.24) is 14.2 Å². The molecule has 0 amide bonds. The van der Waals surface area contributed by atoms with Crippen molar-refractivity contribution in [2.24, 2.45) is 0 Å². The molecule has 0 atom stereocenters. The molecule has 1 fully saturated rings. The average Bonchev–Trinajstić information content (AvgIpc) is 3.18. The van der Waals surface area contributed by atoms with Crippen LogP contribution in [0.3, 0.4) is 0 Å². The predicted molar refractivity (Wildman–Crippen MR) is 127 cm³/mol. The fraction of sp³-hybridized carbons (Fsp3) is 0.348. The molecule has 2 aromatic carbocycles. The van der Waals surface area contributed by atoms with Crippen molar-refractivity contribution in [3.8, 4) is 0 Å². The van der Waals surface area contributed by atoms with Crippen LogP contribution < -0.4 is 5.32 Å². The zero-order valence-electron chi connectivity index (χ0n) is 18.1. The van der Waals surface area contributed by atoms with E-state index in [1.807, 2.05) is 38.1 Å². The Kier molecular flexibility index (Phi) is 6.43. The maximum Gasteiger partial charge on any atom is 0.243 e. The number of anilines is 2. The molecule has 1 aromatic heterocycles. The molecule has 164 valence electrons. The van der Waals surface area contributed by atoms with Crippen LogP contribution in [0, 0.1) is 20.8 Å². The van der Waals surface area contributed by atoms with Gasteiger partial charge in [-0.2, -0.15) is 4.31 Å². The zero-order valence-corrected chi connectivity index (χ0v) is 19.8. The second kappa shape index (κ2) is 9.08. The van der Waals surface area contributed by atoms with Crippen LogP contribution in [0.4, 0.5) is 10.8 Å². The standard InChI is InChI=1S/C23H28N4O2S2/c1-17-5-8-20(9-6-17)24-23-25-21(16-30-23)15-26-10-12-27(13-11-26)31(28,29)22-14-18(2)4-7-19(22)3/h4-9,14,16H,10-13,15H2,1-3H3,(H,24,25). The highest BCUT2D eigenvalue weighted by molar-refractivity contribution is 7.89. The van der Waals surface area contributed by atoms with Gasteiger partial charge in [-0.1, -0.05) is 29.8 Å². The van der Waals surface area contributed by atoms with Crippen molar-refractivity contribution < 1.29 is 8.42 Å². The number of nitrogens with one attached hydrogen (secondary N) is 1. The predicted octanol–water partition coefficient (Wildman–Crippen LogP) is 4.32. The second-order valence-electron chi connectivity index (χ2n) is 8.08. The minimum Gasteiger partial charge on any atom is -0.332 e. The van der Waals surface area contributed by atoms with Gasteiger partial charge in [0.25, 0.3) is 0 Å². The van der Waals surface area contributed by atoms with Crippen LogP contribution in [0.25, 0.3) is 0 Å². The fourth-order valence-corrected chi connectivity index (χ4v) is 6.13. The van der Waals surface area contributed by atoms with Gasteiger partial charge >= 0.3 is 0 Å². The van der Waals surface area contributed by atoms with Crippen LogP contribution in [-0.2, 0) is 16.6 Å². The second-order valence-corrected chi connectivity index (χ2v) is 10.8. The molecule has 2 heterocycles. The summed E-state index contributed by atoms with van der Waals surface area (Å²) in [5.41, 5.74) is 5.01. The number of aryl methyl sites for hydroxylation is 3. The molecule has 0 aliphatic carbocycles. The monoisotopic (exact) mass is 456 g/mol. The Morgan fingerprint density at radius 1 is 0.968 bits per heavy atom. The van der Waals surface area contributed by atoms with Gasteiger partial charge in [-0.15, -0.1) is 11.3 Å². The van der Waals surface area contributed by atoms with E-state index in [1.54, 1.807) is 21.7 Å². The van der Waals surface area contributed by atoms with E-state index in [0.717, 1.165) is 34.2 Å². The first-order valence-electron chi connectivity index (χ1n) is 10.4. The van der Waals surface area contributed by atoms with E-state index in [0.29, 0.717) is 31.1 Å². The molecule has 31 heavy (non-hydrogen) atoms. The summed E-state index contributed by atoms with van der Waals surface area (Å²) >= 11 is 1.59. The number of hydrogen-bond donors (Lipinski definition) is 1. The van der Waals surface area contributed by atoms with Crippen LogP contribution in [0.5, 0.6) is 0 Å². The van der Waals surface area contributed by atoms with Crippen LogP contribution in [0.15, 0.2) is 52.7 Å². The summed E-state index contributed by atoms with van der Waals surface area (Å²) in [4.78, 5) is 7.38. The molecule has 1 N–H and O–H groups in total. The van der Waals surface area contributed by atoms with E-state index in [-0.39, 0.29) is 0 Å². The summed E-state index contributed by atoms with van der Waals surface area (Å²) in [7, 11) is -3.46. The molecule has 1 aliphatic rings. The molecule has 0 bridgehead atoms.